The molecule has 86 valence electrons. The first-order chi connectivity index (χ1) is 6.82. The molecule has 0 aromatic rings. The van der Waals surface area contributed by atoms with Gasteiger partial charge in [0.1, 0.15) is 5.54 Å². The number of carbonyl (C=O) groups is 2. The van der Waals surface area contributed by atoms with Gasteiger partial charge in [-0.25, -0.2) is 9.59 Å². The van der Waals surface area contributed by atoms with Gasteiger partial charge in [0.15, 0.2) is 0 Å². The van der Waals surface area contributed by atoms with E-state index < -0.39 is 11.5 Å². The van der Waals surface area contributed by atoms with E-state index >= 15 is 0 Å². The molecule has 1 aliphatic heterocycles. The molecule has 1 unspecified atom stereocenters. The fraction of sp³-hybridized carbons (Fsp3) is 0.800. The minimum Gasteiger partial charge on any atom is -0.467 e. The maximum absolute atomic E-state index is 11.8. The average molecular weight is 214 g/mol. The molecular formula is C10H18N2O3. The predicted octanol–water partition coefficient (Wildman–Crippen LogP) is 0.694. The lowest BCUT2D eigenvalue weighted by Crippen LogP contribution is -2.52. The largest absolute Gasteiger partial charge is 0.467 e. The van der Waals surface area contributed by atoms with Crippen molar-refractivity contribution in [1.29, 1.82) is 0 Å². The zero-order chi connectivity index (χ0) is 11.8. The minimum absolute atomic E-state index is 0.126. The first-order valence-corrected chi connectivity index (χ1v) is 4.95. The number of hydrogen-bond acceptors (Lipinski definition) is 3. The van der Waals surface area contributed by atoms with Crippen molar-refractivity contribution in [2.75, 3.05) is 20.7 Å². The fourth-order valence-electron chi connectivity index (χ4n) is 1.67. The number of likely N-dealkylation sites (N-methyl/N-ethyl adjacent to an activating group) is 1. The Morgan fingerprint density at radius 2 is 2.07 bits per heavy atom. The van der Waals surface area contributed by atoms with Crippen LogP contribution in [0, 0.1) is 0 Å². The first-order valence-electron chi connectivity index (χ1n) is 4.95. The highest BCUT2D eigenvalue weighted by molar-refractivity contribution is 5.87. The summed E-state index contributed by atoms with van der Waals surface area (Å²) < 4.78 is 4.69. The molecular weight excluding hydrogens is 196 g/mol. The van der Waals surface area contributed by atoms with Gasteiger partial charge >= 0.3 is 12.0 Å². The number of carbonyl (C=O) groups excluding carboxylic acids is 2. The SMILES string of the molecule is COC(=O)C(C)(C)N1CC(C)N(C)C1=O. The van der Waals surface area contributed by atoms with Gasteiger partial charge in [-0.3, -0.25) is 0 Å². The van der Waals surface area contributed by atoms with Crippen LogP contribution in [0.15, 0.2) is 0 Å². The summed E-state index contributed by atoms with van der Waals surface area (Å²) in [6.07, 6.45) is 0. The van der Waals surface area contributed by atoms with Gasteiger partial charge in [0, 0.05) is 19.6 Å². The molecule has 0 bridgehead atoms. The molecule has 0 radical (unpaired) electrons. The van der Waals surface area contributed by atoms with Crippen LogP contribution in [0.25, 0.3) is 0 Å². The highest BCUT2D eigenvalue weighted by Crippen LogP contribution is 2.24. The van der Waals surface area contributed by atoms with E-state index in [0.717, 1.165) is 0 Å². The third-order valence-corrected chi connectivity index (χ3v) is 3.00. The van der Waals surface area contributed by atoms with Crippen molar-refractivity contribution < 1.29 is 14.3 Å². The molecule has 0 aromatic heterocycles. The van der Waals surface area contributed by atoms with Gasteiger partial charge in [0.2, 0.25) is 0 Å². The molecule has 0 aromatic carbocycles. The number of ether oxygens (including phenoxy) is 1. The van der Waals surface area contributed by atoms with Crippen molar-refractivity contribution in [2.45, 2.75) is 32.4 Å². The Morgan fingerprint density at radius 3 is 2.40 bits per heavy atom. The molecule has 0 spiro atoms. The quantitative estimate of drug-likeness (QED) is 0.636. The number of amides is 2. The van der Waals surface area contributed by atoms with Crippen LogP contribution in [-0.4, -0.2) is 54.1 Å². The van der Waals surface area contributed by atoms with Gasteiger partial charge < -0.3 is 14.5 Å². The Labute approximate surface area is 90.0 Å². The van der Waals surface area contributed by atoms with Crippen molar-refractivity contribution in [3.8, 4) is 0 Å². The van der Waals surface area contributed by atoms with Gasteiger partial charge in [-0.1, -0.05) is 0 Å². The second-order valence-corrected chi connectivity index (χ2v) is 4.40. The molecule has 1 atom stereocenters. The van der Waals surface area contributed by atoms with Crippen LogP contribution in [-0.2, 0) is 9.53 Å². The zero-order valence-corrected chi connectivity index (χ0v) is 9.90. The Balaban J connectivity index is 2.90. The van der Waals surface area contributed by atoms with Crippen LogP contribution in [0.4, 0.5) is 4.79 Å². The molecule has 15 heavy (non-hydrogen) atoms. The summed E-state index contributed by atoms with van der Waals surface area (Å²) in [5, 5.41) is 0. The Kier molecular flexibility index (Phi) is 2.93. The van der Waals surface area contributed by atoms with Crippen molar-refractivity contribution in [3.63, 3.8) is 0 Å². The van der Waals surface area contributed by atoms with Gasteiger partial charge in [0.25, 0.3) is 0 Å². The van der Waals surface area contributed by atoms with Crippen molar-refractivity contribution in [3.05, 3.63) is 0 Å². The van der Waals surface area contributed by atoms with Crippen molar-refractivity contribution in [1.82, 2.24) is 9.80 Å². The monoisotopic (exact) mass is 214 g/mol. The zero-order valence-electron chi connectivity index (χ0n) is 9.90. The molecule has 1 rings (SSSR count). The lowest BCUT2D eigenvalue weighted by Gasteiger charge is -2.31. The molecule has 0 N–H and O–H groups in total. The minimum atomic E-state index is -0.898. The highest BCUT2D eigenvalue weighted by atomic mass is 16.5. The highest BCUT2D eigenvalue weighted by Gasteiger charge is 2.45. The number of esters is 1. The van der Waals surface area contributed by atoms with Gasteiger partial charge in [-0.2, -0.15) is 0 Å². The van der Waals surface area contributed by atoms with E-state index in [2.05, 4.69) is 0 Å². The maximum Gasteiger partial charge on any atom is 0.331 e. The predicted molar refractivity (Wildman–Crippen MR) is 55.4 cm³/mol. The van der Waals surface area contributed by atoms with Crippen molar-refractivity contribution >= 4 is 12.0 Å². The number of nitrogens with zero attached hydrogens (tertiary/aromatic N) is 2. The van der Waals surface area contributed by atoms with Gasteiger partial charge in [-0.15, -0.1) is 0 Å². The molecule has 1 fully saturated rings. The van der Waals surface area contributed by atoms with Crippen LogP contribution in [0.1, 0.15) is 20.8 Å². The van der Waals surface area contributed by atoms with E-state index in [-0.39, 0.29) is 12.1 Å². The fourth-order valence-corrected chi connectivity index (χ4v) is 1.67. The van der Waals surface area contributed by atoms with E-state index in [9.17, 15) is 9.59 Å². The lowest BCUT2D eigenvalue weighted by molar-refractivity contribution is -0.151. The molecule has 1 saturated heterocycles. The normalized spacial score (nSPS) is 22.2. The van der Waals surface area contributed by atoms with E-state index in [1.165, 1.54) is 7.11 Å². The molecule has 5 nitrogen and oxygen atoms in total. The first kappa shape index (κ1) is 11.8. The Morgan fingerprint density at radius 1 is 1.53 bits per heavy atom. The summed E-state index contributed by atoms with van der Waals surface area (Å²) in [6.45, 7) is 5.90. The van der Waals surface area contributed by atoms with Crippen molar-refractivity contribution in [2.24, 2.45) is 0 Å². The lowest BCUT2D eigenvalue weighted by atomic mass is 10.0. The number of rotatable bonds is 2. The molecule has 0 aliphatic carbocycles. The second-order valence-electron chi connectivity index (χ2n) is 4.40. The molecule has 1 aliphatic rings. The van der Waals surface area contributed by atoms with Gasteiger partial charge in [-0.05, 0) is 20.8 Å². The topological polar surface area (TPSA) is 49.9 Å². The number of urea groups is 1. The van der Waals surface area contributed by atoms with E-state index in [4.69, 9.17) is 4.74 Å². The Hall–Kier alpha value is -1.26. The van der Waals surface area contributed by atoms with Crippen LogP contribution in [0.3, 0.4) is 0 Å². The van der Waals surface area contributed by atoms with Crippen LogP contribution in [0.5, 0.6) is 0 Å². The standard InChI is InChI=1S/C10H18N2O3/c1-7-6-12(9(14)11(7)4)10(2,3)8(13)15-5/h7H,6H2,1-5H3. The van der Waals surface area contributed by atoms with Crippen LogP contribution < -0.4 is 0 Å². The maximum atomic E-state index is 11.8. The molecule has 1 heterocycles. The smallest absolute Gasteiger partial charge is 0.331 e. The second kappa shape index (κ2) is 3.72. The summed E-state index contributed by atoms with van der Waals surface area (Å²) in [4.78, 5) is 26.5. The summed E-state index contributed by atoms with van der Waals surface area (Å²) in [6, 6.07) is -0.000619. The summed E-state index contributed by atoms with van der Waals surface area (Å²) in [7, 11) is 3.07. The average Bonchev–Trinajstić information content (AvgIpc) is 2.45. The van der Waals surface area contributed by atoms with Crippen LogP contribution in [0.2, 0.25) is 0 Å². The summed E-state index contributed by atoms with van der Waals surface area (Å²) >= 11 is 0. The molecule has 0 saturated carbocycles. The molecule has 2 amide bonds. The van der Waals surface area contributed by atoms with E-state index in [1.54, 1.807) is 30.7 Å². The molecule has 5 heteroatoms. The number of methoxy groups -OCH3 is 1. The third kappa shape index (κ3) is 1.78. The van der Waals surface area contributed by atoms with E-state index in [0.29, 0.717) is 6.54 Å². The van der Waals surface area contributed by atoms with Crippen LogP contribution >= 0.6 is 0 Å². The third-order valence-electron chi connectivity index (χ3n) is 3.00. The van der Waals surface area contributed by atoms with E-state index in [1.807, 2.05) is 6.92 Å². The summed E-state index contributed by atoms with van der Waals surface area (Å²) in [5.74, 6) is -0.390. The Bertz CT molecular complexity index is 288. The summed E-state index contributed by atoms with van der Waals surface area (Å²) in [5.41, 5.74) is -0.898. The van der Waals surface area contributed by atoms with Gasteiger partial charge in [0.05, 0.1) is 7.11 Å². The number of hydrogen-bond donors (Lipinski definition) is 0.